The third-order valence-electron chi connectivity index (χ3n) is 4.67. The normalized spacial score (nSPS) is 19.0. The molecule has 25 heavy (non-hydrogen) atoms. The van der Waals surface area contributed by atoms with Gasteiger partial charge in [0.15, 0.2) is 0 Å². The van der Waals surface area contributed by atoms with Crippen molar-refractivity contribution < 1.29 is 14.5 Å². The van der Waals surface area contributed by atoms with Crippen LogP contribution in [0.5, 0.6) is 0 Å². The van der Waals surface area contributed by atoms with E-state index in [-0.39, 0.29) is 23.5 Å². The summed E-state index contributed by atoms with van der Waals surface area (Å²) in [6, 6.07) is 5.82. The highest BCUT2D eigenvalue weighted by molar-refractivity contribution is 8.04. The Bertz CT molecular complexity index is 736. The van der Waals surface area contributed by atoms with Gasteiger partial charge in [0.1, 0.15) is 0 Å². The highest BCUT2D eigenvalue weighted by atomic mass is 32.2. The zero-order valence-electron chi connectivity index (χ0n) is 14.1. The average Bonchev–Trinajstić information content (AvgIpc) is 2.86. The lowest BCUT2D eigenvalue weighted by atomic mass is 9.94. The van der Waals surface area contributed by atoms with E-state index in [0.29, 0.717) is 21.8 Å². The molecule has 1 aromatic rings. The van der Waals surface area contributed by atoms with Crippen LogP contribution >= 0.6 is 11.8 Å². The van der Waals surface area contributed by atoms with Gasteiger partial charge in [0.2, 0.25) is 0 Å². The molecule has 0 N–H and O–H groups in total. The molecule has 0 saturated heterocycles. The Balaban J connectivity index is 1.97. The minimum atomic E-state index is -0.476. The number of nitrogens with zero attached hydrogens (tertiary/aromatic N) is 2. The molecular weight excluding hydrogens is 340 g/mol. The Labute approximate surface area is 150 Å². The van der Waals surface area contributed by atoms with Gasteiger partial charge in [-0.25, -0.2) is 0 Å². The summed E-state index contributed by atoms with van der Waals surface area (Å²) in [6.07, 6.45) is 4.92. The minimum absolute atomic E-state index is 0.0308. The first-order chi connectivity index (χ1) is 12.0. The van der Waals surface area contributed by atoms with E-state index >= 15 is 0 Å². The van der Waals surface area contributed by atoms with Gasteiger partial charge in [-0.3, -0.25) is 24.6 Å². The second-order valence-electron chi connectivity index (χ2n) is 6.21. The molecule has 0 bridgehead atoms. The Hall–Kier alpha value is -2.15. The van der Waals surface area contributed by atoms with Gasteiger partial charge in [-0.1, -0.05) is 26.2 Å². The van der Waals surface area contributed by atoms with E-state index in [1.165, 1.54) is 28.8 Å². The quantitative estimate of drug-likeness (QED) is 0.454. The van der Waals surface area contributed by atoms with Crippen molar-refractivity contribution in [1.29, 1.82) is 0 Å². The lowest BCUT2D eigenvalue weighted by molar-refractivity contribution is -0.384. The number of carbonyl (C=O) groups is 2. The van der Waals surface area contributed by atoms with Crippen LogP contribution in [0.15, 0.2) is 29.2 Å². The molecule has 7 heteroatoms. The van der Waals surface area contributed by atoms with Gasteiger partial charge in [0.05, 0.1) is 15.4 Å². The number of rotatable bonds is 5. The Morgan fingerprint density at radius 3 is 2.32 bits per heavy atom. The van der Waals surface area contributed by atoms with Crippen LogP contribution in [-0.2, 0) is 9.59 Å². The second kappa shape index (κ2) is 7.39. The predicted molar refractivity (Wildman–Crippen MR) is 96.9 cm³/mol. The fraction of sp³-hybridized carbons (Fsp3) is 0.444. The molecule has 1 aromatic carbocycles. The van der Waals surface area contributed by atoms with E-state index < -0.39 is 4.92 Å². The van der Waals surface area contributed by atoms with Crippen molar-refractivity contribution in [2.75, 3.05) is 5.75 Å². The molecule has 0 aromatic heterocycles. The molecule has 0 radical (unpaired) electrons. The van der Waals surface area contributed by atoms with E-state index in [0.717, 1.165) is 32.1 Å². The van der Waals surface area contributed by atoms with Crippen LogP contribution in [0, 0.1) is 10.1 Å². The molecule has 1 saturated carbocycles. The molecule has 1 aliphatic heterocycles. The molecule has 6 nitrogen and oxygen atoms in total. The van der Waals surface area contributed by atoms with Crippen molar-refractivity contribution in [1.82, 2.24) is 4.90 Å². The molecule has 2 amide bonds. The summed E-state index contributed by atoms with van der Waals surface area (Å²) in [5.74, 6) is 0.211. The zero-order valence-corrected chi connectivity index (χ0v) is 14.9. The average molecular weight is 360 g/mol. The molecule has 1 aliphatic carbocycles. The largest absolute Gasteiger partial charge is 0.271 e. The predicted octanol–water partition coefficient (Wildman–Crippen LogP) is 3.76. The van der Waals surface area contributed by atoms with Gasteiger partial charge in [-0.15, -0.1) is 11.8 Å². The monoisotopic (exact) mass is 360 g/mol. The third kappa shape index (κ3) is 3.33. The number of carbonyl (C=O) groups excluding carboxylic acids is 2. The molecule has 0 spiro atoms. The molecule has 1 heterocycles. The Morgan fingerprint density at radius 2 is 1.76 bits per heavy atom. The smallest absolute Gasteiger partial charge is 0.269 e. The van der Waals surface area contributed by atoms with Crippen molar-refractivity contribution in [3.63, 3.8) is 0 Å². The van der Waals surface area contributed by atoms with E-state index in [4.69, 9.17) is 0 Å². The van der Waals surface area contributed by atoms with Crippen LogP contribution in [0.2, 0.25) is 0 Å². The number of benzene rings is 1. The van der Waals surface area contributed by atoms with E-state index in [9.17, 15) is 19.7 Å². The fourth-order valence-electron chi connectivity index (χ4n) is 3.48. The first-order valence-electron chi connectivity index (χ1n) is 8.54. The molecule has 132 valence electrons. The first kappa shape index (κ1) is 17.7. The van der Waals surface area contributed by atoms with Gasteiger partial charge in [0, 0.05) is 18.2 Å². The van der Waals surface area contributed by atoms with E-state index in [1.807, 2.05) is 6.92 Å². The van der Waals surface area contributed by atoms with Crippen molar-refractivity contribution in [2.24, 2.45) is 0 Å². The number of hydrogen-bond acceptors (Lipinski definition) is 5. The number of non-ortho nitro benzene ring substituents is 1. The van der Waals surface area contributed by atoms with E-state index in [2.05, 4.69) is 0 Å². The van der Waals surface area contributed by atoms with Crippen molar-refractivity contribution in [3.05, 3.63) is 44.8 Å². The summed E-state index contributed by atoms with van der Waals surface area (Å²) in [6.45, 7) is 1.94. The standard InChI is InChI=1S/C18H20N2O4S/c1-2-25-16-15(12-8-10-14(11-9-12)20(23)24)17(21)19(18(16)22)13-6-4-3-5-7-13/h8-11,13H,2-7H2,1H3. The van der Waals surface area contributed by atoms with Gasteiger partial charge in [0.25, 0.3) is 17.5 Å². The summed E-state index contributed by atoms with van der Waals surface area (Å²) in [5.41, 5.74) is 0.922. The van der Waals surface area contributed by atoms with Crippen molar-refractivity contribution >= 4 is 34.8 Å². The molecule has 3 rings (SSSR count). The van der Waals surface area contributed by atoms with E-state index in [1.54, 1.807) is 12.1 Å². The number of thioether (sulfide) groups is 1. The minimum Gasteiger partial charge on any atom is -0.271 e. The van der Waals surface area contributed by atoms with Gasteiger partial charge in [-0.2, -0.15) is 0 Å². The van der Waals surface area contributed by atoms with Crippen LogP contribution in [0.1, 0.15) is 44.6 Å². The van der Waals surface area contributed by atoms with Crippen molar-refractivity contribution in [2.45, 2.75) is 45.1 Å². The van der Waals surface area contributed by atoms with Crippen LogP contribution < -0.4 is 0 Å². The number of nitro benzene ring substituents is 1. The molecular formula is C18H20N2O4S. The SMILES string of the molecule is CCSC1=C(c2ccc([N+](=O)[O-])cc2)C(=O)N(C2CCCCC2)C1=O. The highest BCUT2D eigenvalue weighted by Crippen LogP contribution is 2.39. The summed E-state index contributed by atoms with van der Waals surface area (Å²) in [4.78, 5) is 38.2. The van der Waals surface area contributed by atoms with Gasteiger partial charge < -0.3 is 0 Å². The van der Waals surface area contributed by atoms with Gasteiger partial charge >= 0.3 is 0 Å². The lowest BCUT2D eigenvalue weighted by Gasteiger charge is -2.29. The number of amides is 2. The number of imide groups is 1. The van der Waals surface area contributed by atoms with Crippen molar-refractivity contribution in [3.8, 4) is 0 Å². The fourth-order valence-corrected chi connectivity index (χ4v) is 4.34. The molecule has 2 aliphatic rings. The maximum Gasteiger partial charge on any atom is 0.269 e. The first-order valence-corrected chi connectivity index (χ1v) is 9.53. The van der Waals surface area contributed by atoms with Crippen LogP contribution in [0.4, 0.5) is 5.69 Å². The number of nitro groups is 1. The zero-order chi connectivity index (χ0) is 18.0. The topological polar surface area (TPSA) is 80.5 Å². The lowest BCUT2D eigenvalue weighted by Crippen LogP contribution is -2.42. The second-order valence-corrected chi connectivity index (χ2v) is 7.49. The highest BCUT2D eigenvalue weighted by Gasteiger charge is 2.42. The third-order valence-corrected chi connectivity index (χ3v) is 5.62. The maximum atomic E-state index is 13.0. The Morgan fingerprint density at radius 1 is 1.12 bits per heavy atom. The summed E-state index contributed by atoms with van der Waals surface area (Å²) in [5, 5.41) is 10.8. The number of hydrogen-bond donors (Lipinski definition) is 0. The van der Waals surface area contributed by atoms with Crippen LogP contribution in [-0.4, -0.2) is 33.4 Å². The summed E-state index contributed by atoms with van der Waals surface area (Å²) >= 11 is 1.37. The molecule has 0 unspecified atom stereocenters. The Kier molecular flexibility index (Phi) is 5.22. The van der Waals surface area contributed by atoms with Crippen LogP contribution in [0.25, 0.3) is 5.57 Å². The van der Waals surface area contributed by atoms with Crippen LogP contribution in [0.3, 0.4) is 0 Å². The molecule has 0 atom stereocenters. The maximum absolute atomic E-state index is 13.0. The summed E-state index contributed by atoms with van der Waals surface area (Å²) < 4.78 is 0. The van der Waals surface area contributed by atoms with Gasteiger partial charge in [-0.05, 0) is 36.3 Å². The summed E-state index contributed by atoms with van der Waals surface area (Å²) in [7, 11) is 0. The molecule has 1 fully saturated rings.